The first kappa shape index (κ1) is 55.2. The van der Waals surface area contributed by atoms with E-state index >= 15 is 0 Å². The van der Waals surface area contributed by atoms with Gasteiger partial charge in [0, 0.05) is 19.3 Å². The minimum absolute atomic E-state index is 0.0191. The van der Waals surface area contributed by atoms with Gasteiger partial charge in [-0.15, -0.1) is 0 Å². The average Bonchev–Trinajstić information content (AvgIpc) is 3.19. The largest absolute Gasteiger partial charge is 0.544 e. The molecule has 59 heavy (non-hydrogen) atoms. The minimum atomic E-state index is -1.14. The molecule has 0 N–H and O–H groups in total. The molecule has 0 bridgehead atoms. The number of rotatable bonds is 39. The lowest BCUT2D eigenvalue weighted by molar-refractivity contribution is -0.889. The highest BCUT2D eigenvalue weighted by atomic mass is 16.6. The third-order valence-electron chi connectivity index (χ3n) is 9.47. The van der Waals surface area contributed by atoms with E-state index in [1.54, 1.807) is 21.1 Å². The van der Waals surface area contributed by atoms with E-state index in [0.717, 1.165) is 122 Å². The third-order valence-corrected chi connectivity index (χ3v) is 9.47. The fraction of sp³-hybridized carbons (Fsp3) is 0.627. The maximum Gasteiger partial charge on any atom is 0.306 e. The number of likely N-dealkylation sites (N-methyl/N-ethyl adjacent to an activating group) is 1. The molecule has 0 amide bonds. The summed E-state index contributed by atoms with van der Waals surface area (Å²) >= 11 is 0. The molecule has 0 spiro atoms. The van der Waals surface area contributed by atoms with Crippen LogP contribution in [0.4, 0.5) is 0 Å². The Morgan fingerprint density at radius 1 is 0.508 bits per heavy atom. The summed E-state index contributed by atoms with van der Waals surface area (Å²) in [7, 11) is 5.38. The van der Waals surface area contributed by atoms with E-state index in [-0.39, 0.29) is 49.1 Å². The van der Waals surface area contributed by atoms with Crippen molar-refractivity contribution in [3.63, 3.8) is 0 Å². The summed E-state index contributed by atoms with van der Waals surface area (Å²) in [6.07, 6.45) is 54.4. The first-order valence-electron chi connectivity index (χ1n) is 22.8. The Balaban J connectivity index is 4.39. The molecular weight excluding hydrogens is 739 g/mol. The van der Waals surface area contributed by atoms with Gasteiger partial charge >= 0.3 is 11.9 Å². The van der Waals surface area contributed by atoms with Gasteiger partial charge < -0.3 is 28.6 Å². The predicted octanol–water partition coefficient (Wildman–Crippen LogP) is 11.4. The number of ether oxygens (including phenoxy) is 3. The quantitative estimate of drug-likeness (QED) is 0.0263. The highest BCUT2D eigenvalue weighted by Gasteiger charge is 2.25. The Morgan fingerprint density at radius 2 is 0.898 bits per heavy atom. The molecule has 0 saturated heterocycles. The Morgan fingerprint density at radius 3 is 1.32 bits per heavy atom. The summed E-state index contributed by atoms with van der Waals surface area (Å²) in [5.74, 6) is -1.80. The summed E-state index contributed by atoms with van der Waals surface area (Å²) in [4.78, 5) is 36.9. The van der Waals surface area contributed by atoms with E-state index in [9.17, 15) is 19.5 Å². The lowest BCUT2D eigenvalue weighted by Crippen LogP contribution is -2.55. The fourth-order valence-electron chi connectivity index (χ4n) is 5.99. The summed E-state index contributed by atoms with van der Waals surface area (Å²) in [5.41, 5.74) is 0. The van der Waals surface area contributed by atoms with E-state index in [4.69, 9.17) is 14.2 Å². The molecule has 0 heterocycles. The molecule has 0 saturated carbocycles. The molecule has 0 aromatic carbocycles. The van der Waals surface area contributed by atoms with E-state index in [1.165, 1.54) is 0 Å². The second-order valence-corrected chi connectivity index (χ2v) is 15.9. The number of allylic oxidation sites excluding steroid dienone is 16. The monoisotopic (exact) mass is 822 g/mol. The normalized spacial score (nSPS) is 13.8. The van der Waals surface area contributed by atoms with Gasteiger partial charge in [0.15, 0.2) is 6.10 Å². The molecule has 8 heteroatoms. The van der Waals surface area contributed by atoms with Crippen molar-refractivity contribution in [2.45, 2.75) is 167 Å². The van der Waals surface area contributed by atoms with Gasteiger partial charge in [-0.05, 0) is 89.9 Å². The molecule has 0 aliphatic heterocycles. The number of carbonyl (C=O) groups excluding carboxylic acids is 3. The molecule has 2 unspecified atom stereocenters. The summed E-state index contributed by atoms with van der Waals surface area (Å²) < 4.78 is 17.1. The minimum Gasteiger partial charge on any atom is -0.544 e. The van der Waals surface area contributed by atoms with Gasteiger partial charge in [-0.2, -0.15) is 0 Å². The first-order valence-corrected chi connectivity index (χ1v) is 22.8. The van der Waals surface area contributed by atoms with Crippen LogP contribution in [0.1, 0.15) is 155 Å². The molecule has 0 fully saturated rings. The molecular formula is C51H83NO7. The maximum atomic E-state index is 12.7. The molecule has 0 aliphatic carbocycles. The molecule has 0 aliphatic rings. The zero-order valence-corrected chi connectivity index (χ0v) is 37.9. The molecule has 8 nitrogen and oxygen atoms in total. The number of unbranched alkanes of at least 4 members (excludes halogenated alkanes) is 9. The Kier molecular flexibility index (Phi) is 38.4. The van der Waals surface area contributed by atoms with Gasteiger partial charge in [-0.3, -0.25) is 9.59 Å². The number of esters is 2. The van der Waals surface area contributed by atoms with E-state index in [2.05, 4.69) is 111 Å². The van der Waals surface area contributed by atoms with E-state index in [1.807, 2.05) is 0 Å². The number of aliphatic carboxylic acids is 1. The van der Waals surface area contributed by atoms with Crippen molar-refractivity contribution in [1.82, 2.24) is 0 Å². The SMILES string of the molecule is CC/C=C/C/C=C/C/C=C/C/C=C/C/C=C/C/C=C/CCCCCCC(=O)OC(COCCC(C(=O)[O-])[N+](C)(C)C)COC(=O)CCCCCCC/C=C/C/C=C/CC. The standard InChI is InChI=1S/C51H83NO7/c1-6-8-10-12-14-16-18-20-21-22-23-24-25-26-27-28-29-30-32-34-36-38-40-42-50(54)59-47(45-57-44-43-48(51(55)56)52(3,4)5)46-58-49(53)41-39-37-35-33-31-19-17-15-13-11-9-7-2/h8-11,14-17,20-21,23-24,26-27,29-30,47-48H,6-7,12-13,18-19,22,25,28,31-46H2,1-5H3/b10-8+,11-9+,16-14+,17-15+,21-20+,24-23+,27-26+,30-29+. The molecule has 0 aromatic heterocycles. The van der Waals surface area contributed by atoms with Crippen LogP contribution in [0.5, 0.6) is 0 Å². The zero-order chi connectivity index (χ0) is 43.5. The van der Waals surface area contributed by atoms with Crippen LogP contribution in [-0.4, -0.2) is 75.5 Å². The Hall–Kier alpha value is -3.75. The van der Waals surface area contributed by atoms with Gasteiger partial charge in [0.25, 0.3) is 0 Å². The van der Waals surface area contributed by atoms with Crippen molar-refractivity contribution in [2.75, 3.05) is 41.0 Å². The number of hydrogen-bond acceptors (Lipinski definition) is 7. The summed E-state index contributed by atoms with van der Waals surface area (Å²) in [5, 5.41) is 11.6. The second-order valence-electron chi connectivity index (χ2n) is 15.9. The number of hydrogen-bond donors (Lipinski definition) is 0. The van der Waals surface area contributed by atoms with Gasteiger partial charge in [0.2, 0.25) is 0 Å². The number of quaternary nitrogens is 1. The van der Waals surface area contributed by atoms with Crippen molar-refractivity contribution in [2.24, 2.45) is 0 Å². The third kappa shape index (κ3) is 39.5. The van der Waals surface area contributed by atoms with E-state index < -0.39 is 18.1 Å². The van der Waals surface area contributed by atoms with Crippen molar-refractivity contribution in [1.29, 1.82) is 0 Å². The van der Waals surface area contributed by atoms with Crippen LogP contribution >= 0.6 is 0 Å². The summed E-state index contributed by atoms with van der Waals surface area (Å²) in [6.45, 7) is 4.37. The summed E-state index contributed by atoms with van der Waals surface area (Å²) in [6, 6.07) is -0.738. The Labute approximate surface area is 360 Å². The van der Waals surface area contributed by atoms with E-state index in [0.29, 0.717) is 6.42 Å². The maximum absolute atomic E-state index is 12.7. The molecule has 0 radical (unpaired) electrons. The number of carbonyl (C=O) groups is 3. The molecule has 334 valence electrons. The van der Waals surface area contributed by atoms with Crippen LogP contribution in [0, 0.1) is 0 Å². The van der Waals surface area contributed by atoms with Gasteiger partial charge in [-0.1, -0.05) is 143 Å². The van der Waals surface area contributed by atoms with Gasteiger partial charge in [0.1, 0.15) is 12.6 Å². The zero-order valence-electron chi connectivity index (χ0n) is 37.9. The number of carboxylic acid groups (broad SMARTS) is 1. The second kappa shape index (κ2) is 41.0. The molecule has 0 aromatic rings. The van der Waals surface area contributed by atoms with Crippen molar-refractivity contribution in [3.8, 4) is 0 Å². The van der Waals surface area contributed by atoms with Crippen LogP contribution in [0.15, 0.2) is 97.2 Å². The van der Waals surface area contributed by atoms with Crippen molar-refractivity contribution >= 4 is 17.9 Å². The fourth-order valence-corrected chi connectivity index (χ4v) is 5.99. The lowest BCUT2D eigenvalue weighted by atomic mass is 10.1. The van der Waals surface area contributed by atoms with Crippen LogP contribution in [-0.2, 0) is 28.6 Å². The molecule has 0 rings (SSSR count). The van der Waals surface area contributed by atoms with Gasteiger partial charge in [0.05, 0.1) is 40.3 Å². The smallest absolute Gasteiger partial charge is 0.306 e. The highest BCUT2D eigenvalue weighted by molar-refractivity contribution is 5.70. The lowest BCUT2D eigenvalue weighted by Gasteiger charge is -2.34. The van der Waals surface area contributed by atoms with Gasteiger partial charge in [-0.25, -0.2) is 0 Å². The Bertz CT molecular complexity index is 1280. The predicted molar refractivity (Wildman–Crippen MR) is 245 cm³/mol. The van der Waals surface area contributed by atoms with Crippen LogP contribution < -0.4 is 5.11 Å². The number of carboxylic acids is 1. The highest BCUT2D eigenvalue weighted by Crippen LogP contribution is 2.12. The van der Waals surface area contributed by atoms with Crippen molar-refractivity contribution in [3.05, 3.63) is 97.2 Å². The van der Waals surface area contributed by atoms with Crippen LogP contribution in [0.25, 0.3) is 0 Å². The first-order chi connectivity index (χ1) is 28.6. The molecule has 2 atom stereocenters. The van der Waals surface area contributed by atoms with Crippen LogP contribution in [0.2, 0.25) is 0 Å². The van der Waals surface area contributed by atoms with Crippen molar-refractivity contribution < 1.29 is 38.2 Å². The average molecular weight is 822 g/mol. The van der Waals surface area contributed by atoms with Crippen LogP contribution in [0.3, 0.4) is 0 Å². The topological polar surface area (TPSA) is 102 Å². The number of nitrogens with zero attached hydrogens (tertiary/aromatic N) is 1.